The zero-order valence-electron chi connectivity index (χ0n) is 13.1. The molecule has 0 aliphatic carbocycles. The molecular weight excluding hydrogens is 368 g/mol. The van der Waals surface area contributed by atoms with Crippen molar-refractivity contribution in [2.24, 2.45) is 0 Å². The second kappa shape index (κ2) is 5.93. The van der Waals surface area contributed by atoms with E-state index in [1.807, 2.05) is 0 Å². The fraction of sp³-hybridized carbons (Fsp3) is 0.0625. The van der Waals surface area contributed by atoms with Crippen LogP contribution >= 0.6 is 0 Å². The van der Waals surface area contributed by atoms with Gasteiger partial charge in [-0.3, -0.25) is 9.35 Å². The number of fused-ring (bicyclic) bond motifs is 1. The Balaban J connectivity index is 2.28. The molecule has 1 heterocycles. The fourth-order valence-corrected chi connectivity index (χ4v) is 2.84. The van der Waals surface area contributed by atoms with Crippen LogP contribution in [0, 0.1) is 6.92 Å². The average Bonchev–Trinajstić information content (AvgIpc) is 2.51. The Morgan fingerprint density at radius 1 is 1.04 bits per heavy atom. The van der Waals surface area contributed by atoms with Crippen molar-refractivity contribution in [3.8, 4) is 34.3 Å². The van der Waals surface area contributed by atoms with E-state index in [1.165, 1.54) is 13.0 Å². The second-order valence-corrected chi connectivity index (χ2v) is 6.44. The van der Waals surface area contributed by atoms with Crippen molar-refractivity contribution in [1.29, 1.82) is 0 Å². The third-order valence-electron chi connectivity index (χ3n) is 3.60. The number of phenols is 3. The van der Waals surface area contributed by atoms with E-state index < -0.39 is 33.1 Å². The summed E-state index contributed by atoms with van der Waals surface area (Å²) >= 11 is 0. The van der Waals surface area contributed by atoms with Crippen LogP contribution in [-0.2, 0) is 10.4 Å². The number of hydrogen-bond donors (Lipinski definition) is 4. The van der Waals surface area contributed by atoms with Gasteiger partial charge in [-0.25, -0.2) is 0 Å². The van der Waals surface area contributed by atoms with E-state index in [1.54, 1.807) is 0 Å². The van der Waals surface area contributed by atoms with Crippen molar-refractivity contribution in [1.82, 2.24) is 0 Å². The van der Waals surface area contributed by atoms with Crippen LogP contribution in [0.5, 0.6) is 23.0 Å². The summed E-state index contributed by atoms with van der Waals surface area (Å²) in [5.74, 6) is -1.93. The quantitative estimate of drug-likeness (QED) is 0.500. The van der Waals surface area contributed by atoms with Crippen LogP contribution < -0.4 is 9.61 Å². The summed E-state index contributed by atoms with van der Waals surface area (Å²) in [6, 6.07) is 5.58. The van der Waals surface area contributed by atoms with Gasteiger partial charge in [-0.1, -0.05) is 0 Å². The maximum absolute atomic E-state index is 12.5. The predicted octanol–water partition coefficient (Wildman–Crippen LogP) is 2.07. The molecule has 3 aromatic rings. The topological polar surface area (TPSA) is 154 Å². The third kappa shape index (κ3) is 3.15. The summed E-state index contributed by atoms with van der Waals surface area (Å²) in [4.78, 5) is 12.5. The minimum Gasteiger partial charge on any atom is -0.508 e. The Labute approximate surface area is 146 Å². The predicted molar refractivity (Wildman–Crippen MR) is 89.8 cm³/mol. The molecule has 3 rings (SSSR count). The number of benzene rings is 2. The molecule has 0 bridgehead atoms. The van der Waals surface area contributed by atoms with E-state index in [-0.39, 0.29) is 33.6 Å². The van der Waals surface area contributed by atoms with Crippen LogP contribution in [0.1, 0.15) is 5.56 Å². The Hall–Kier alpha value is -3.24. The van der Waals surface area contributed by atoms with Gasteiger partial charge in [-0.2, -0.15) is 8.42 Å². The number of aromatic hydroxyl groups is 3. The molecule has 0 amide bonds. The standard InChI is InChI=1S/C16H12O9S/c1-7-15(20)14-11(19)5-9(17)6-13(14)24-16(7)8-2-3-10(18)12(4-8)25-26(21,22)23/h2-6,17-19H,1H3,(H,21,22,23). The maximum Gasteiger partial charge on any atom is 0.446 e. The molecule has 10 heteroatoms. The first-order valence-electron chi connectivity index (χ1n) is 7.06. The number of rotatable bonds is 3. The first-order chi connectivity index (χ1) is 12.1. The van der Waals surface area contributed by atoms with E-state index in [0.29, 0.717) is 0 Å². The molecule has 0 saturated carbocycles. The molecule has 0 fully saturated rings. The zero-order chi connectivity index (χ0) is 19.2. The molecule has 1 aromatic heterocycles. The summed E-state index contributed by atoms with van der Waals surface area (Å²) in [5, 5.41) is 29.0. The lowest BCUT2D eigenvalue weighted by Gasteiger charge is -2.10. The molecule has 9 nitrogen and oxygen atoms in total. The first kappa shape index (κ1) is 17.6. The molecular formula is C16H12O9S. The molecule has 4 N–H and O–H groups in total. The van der Waals surface area contributed by atoms with Gasteiger partial charge >= 0.3 is 10.4 Å². The van der Waals surface area contributed by atoms with Crippen LogP contribution in [0.4, 0.5) is 0 Å². The summed E-state index contributed by atoms with van der Waals surface area (Å²) < 4.78 is 40.3. The molecule has 2 aromatic carbocycles. The zero-order valence-corrected chi connectivity index (χ0v) is 13.9. The van der Waals surface area contributed by atoms with E-state index in [2.05, 4.69) is 4.18 Å². The van der Waals surface area contributed by atoms with Gasteiger partial charge in [0.15, 0.2) is 16.9 Å². The van der Waals surface area contributed by atoms with Crippen molar-refractivity contribution in [3.63, 3.8) is 0 Å². The lowest BCUT2D eigenvalue weighted by molar-refractivity contribution is 0.371. The van der Waals surface area contributed by atoms with Gasteiger partial charge in [0.05, 0.1) is 0 Å². The summed E-state index contributed by atoms with van der Waals surface area (Å²) in [5.41, 5.74) is -0.426. The fourth-order valence-electron chi connectivity index (χ4n) is 2.48. The van der Waals surface area contributed by atoms with Crippen molar-refractivity contribution in [3.05, 3.63) is 46.1 Å². The Bertz CT molecular complexity index is 1190. The Morgan fingerprint density at radius 3 is 2.38 bits per heavy atom. The molecule has 0 spiro atoms. The van der Waals surface area contributed by atoms with Crippen molar-refractivity contribution in [2.75, 3.05) is 0 Å². The van der Waals surface area contributed by atoms with Gasteiger partial charge in [0, 0.05) is 23.3 Å². The van der Waals surface area contributed by atoms with Gasteiger partial charge in [-0.15, -0.1) is 0 Å². The van der Waals surface area contributed by atoms with E-state index in [0.717, 1.165) is 24.3 Å². The number of phenolic OH excluding ortho intramolecular Hbond substituents is 3. The Morgan fingerprint density at radius 2 is 1.73 bits per heavy atom. The van der Waals surface area contributed by atoms with Crippen LogP contribution in [0.25, 0.3) is 22.3 Å². The molecule has 0 aliphatic heterocycles. The smallest absolute Gasteiger partial charge is 0.446 e. The Kier molecular flexibility index (Phi) is 4.01. The third-order valence-corrected chi connectivity index (χ3v) is 3.99. The van der Waals surface area contributed by atoms with E-state index in [9.17, 15) is 28.5 Å². The molecule has 0 unspecified atom stereocenters. The summed E-state index contributed by atoms with van der Waals surface area (Å²) in [6.45, 7) is 1.42. The molecule has 136 valence electrons. The van der Waals surface area contributed by atoms with Gasteiger partial charge < -0.3 is 23.9 Å². The van der Waals surface area contributed by atoms with Crippen LogP contribution in [0.3, 0.4) is 0 Å². The second-order valence-electron chi connectivity index (χ2n) is 5.42. The molecule has 26 heavy (non-hydrogen) atoms. The first-order valence-corrected chi connectivity index (χ1v) is 8.43. The lowest BCUT2D eigenvalue weighted by atomic mass is 10.0. The van der Waals surface area contributed by atoms with Crippen LogP contribution in [-0.4, -0.2) is 28.3 Å². The highest BCUT2D eigenvalue weighted by molar-refractivity contribution is 7.81. The van der Waals surface area contributed by atoms with Gasteiger partial charge in [-0.05, 0) is 25.1 Å². The highest BCUT2D eigenvalue weighted by Gasteiger charge is 2.19. The normalized spacial score (nSPS) is 11.6. The minimum atomic E-state index is -4.88. The highest BCUT2D eigenvalue weighted by atomic mass is 32.3. The number of hydrogen-bond acceptors (Lipinski definition) is 8. The van der Waals surface area contributed by atoms with Gasteiger partial charge in [0.2, 0.25) is 0 Å². The van der Waals surface area contributed by atoms with Crippen molar-refractivity contribution >= 4 is 21.4 Å². The average molecular weight is 380 g/mol. The van der Waals surface area contributed by atoms with Crippen molar-refractivity contribution < 1.29 is 36.9 Å². The molecule has 0 atom stereocenters. The van der Waals surface area contributed by atoms with Crippen LogP contribution in [0.15, 0.2) is 39.5 Å². The summed E-state index contributed by atoms with van der Waals surface area (Å²) in [7, 11) is -4.88. The minimum absolute atomic E-state index is 0.00677. The largest absolute Gasteiger partial charge is 0.508 e. The van der Waals surface area contributed by atoms with E-state index >= 15 is 0 Å². The highest BCUT2D eigenvalue weighted by Crippen LogP contribution is 2.36. The maximum atomic E-state index is 12.5. The SMILES string of the molecule is Cc1c(-c2ccc(O)c(OS(=O)(=O)O)c2)oc2cc(O)cc(O)c2c1=O. The van der Waals surface area contributed by atoms with Crippen LogP contribution in [0.2, 0.25) is 0 Å². The van der Waals surface area contributed by atoms with Gasteiger partial charge in [0.1, 0.15) is 28.2 Å². The summed E-state index contributed by atoms with van der Waals surface area (Å²) in [6.07, 6.45) is 0. The molecule has 0 saturated heterocycles. The molecule has 0 radical (unpaired) electrons. The monoisotopic (exact) mass is 380 g/mol. The van der Waals surface area contributed by atoms with Gasteiger partial charge in [0.25, 0.3) is 0 Å². The van der Waals surface area contributed by atoms with Crippen molar-refractivity contribution in [2.45, 2.75) is 6.92 Å². The molecule has 0 aliphatic rings. The lowest BCUT2D eigenvalue weighted by Crippen LogP contribution is -2.08. The van der Waals surface area contributed by atoms with E-state index in [4.69, 9.17) is 8.97 Å².